The molecule has 1 aromatic heterocycles. The third-order valence-corrected chi connectivity index (χ3v) is 2.08. The largest absolute Gasteiger partial charge is 0.381 e. The van der Waals surface area contributed by atoms with Gasteiger partial charge in [-0.25, -0.2) is 8.78 Å². The zero-order chi connectivity index (χ0) is 10.6. The van der Waals surface area contributed by atoms with Gasteiger partial charge in [-0.1, -0.05) is 0 Å². The highest BCUT2D eigenvalue weighted by Gasteiger charge is 2.09. The van der Waals surface area contributed by atoms with Crippen LogP contribution in [-0.2, 0) is 0 Å². The Morgan fingerprint density at radius 1 is 1.50 bits per heavy atom. The van der Waals surface area contributed by atoms with E-state index in [-0.39, 0.29) is 12.5 Å². The van der Waals surface area contributed by atoms with Crippen molar-refractivity contribution in [2.24, 2.45) is 0 Å². The number of nitrogens with one attached hydrogen (secondary N) is 1. The Bertz CT molecular complexity index is 294. The van der Waals surface area contributed by atoms with Crippen LogP contribution < -0.4 is 5.32 Å². The van der Waals surface area contributed by atoms with Crippen molar-refractivity contribution in [3.8, 4) is 0 Å². The molecule has 0 aromatic carbocycles. The van der Waals surface area contributed by atoms with Crippen LogP contribution in [0.1, 0.15) is 13.3 Å². The van der Waals surface area contributed by atoms with Crippen LogP contribution in [0.5, 0.6) is 0 Å². The van der Waals surface area contributed by atoms with Gasteiger partial charge in [-0.15, -0.1) is 0 Å². The van der Waals surface area contributed by atoms with Crippen LogP contribution in [0.15, 0.2) is 22.9 Å². The van der Waals surface area contributed by atoms with Crippen molar-refractivity contribution < 1.29 is 8.78 Å². The van der Waals surface area contributed by atoms with Crippen LogP contribution >= 0.6 is 15.9 Å². The van der Waals surface area contributed by atoms with Crippen molar-refractivity contribution in [1.29, 1.82) is 0 Å². The summed E-state index contributed by atoms with van der Waals surface area (Å²) in [6, 6.07) is 1.54. The van der Waals surface area contributed by atoms with Gasteiger partial charge in [0.1, 0.15) is 0 Å². The molecule has 78 valence electrons. The molecule has 1 heterocycles. The highest BCUT2D eigenvalue weighted by Crippen LogP contribution is 2.16. The molecule has 1 rings (SSSR count). The summed E-state index contributed by atoms with van der Waals surface area (Å²) in [7, 11) is 0. The van der Waals surface area contributed by atoms with Crippen molar-refractivity contribution in [3.05, 3.63) is 22.9 Å². The van der Waals surface area contributed by atoms with Crippen LogP contribution in [0.3, 0.4) is 0 Å². The van der Waals surface area contributed by atoms with Gasteiger partial charge >= 0.3 is 0 Å². The van der Waals surface area contributed by atoms with E-state index in [4.69, 9.17) is 0 Å². The zero-order valence-corrected chi connectivity index (χ0v) is 9.26. The summed E-state index contributed by atoms with van der Waals surface area (Å²) in [6.45, 7) is 1.72. The van der Waals surface area contributed by atoms with E-state index in [9.17, 15) is 8.78 Å². The maximum Gasteiger partial charge on any atom is 0.240 e. The van der Waals surface area contributed by atoms with E-state index in [1.54, 1.807) is 25.4 Å². The zero-order valence-electron chi connectivity index (χ0n) is 7.67. The number of halogens is 3. The highest BCUT2D eigenvalue weighted by atomic mass is 79.9. The molecule has 2 nitrogen and oxygen atoms in total. The Kier molecular flexibility index (Phi) is 4.25. The fourth-order valence-electron chi connectivity index (χ4n) is 1.10. The first-order chi connectivity index (χ1) is 6.58. The molecule has 1 unspecified atom stereocenters. The van der Waals surface area contributed by atoms with Gasteiger partial charge < -0.3 is 5.32 Å². The predicted molar refractivity (Wildman–Crippen MR) is 55.6 cm³/mol. The minimum atomic E-state index is -2.28. The number of anilines is 1. The maximum absolute atomic E-state index is 12.0. The second-order valence-electron chi connectivity index (χ2n) is 3.06. The maximum atomic E-state index is 12.0. The molecule has 0 fully saturated rings. The molecule has 0 spiro atoms. The molecule has 0 saturated carbocycles. The lowest BCUT2D eigenvalue weighted by molar-refractivity contribution is 0.133. The van der Waals surface area contributed by atoms with Gasteiger partial charge in [0.05, 0.1) is 11.9 Å². The van der Waals surface area contributed by atoms with Gasteiger partial charge in [0.25, 0.3) is 0 Å². The SMILES string of the molecule is CC(CC(F)F)Nc1cncc(Br)c1. The predicted octanol–water partition coefficient (Wildman–Crippen LogP) is 3.30. The van der Waals surface area contributed by atoms with Gasteiger partial charge in [0.2, 0.25) is 6.43 Å². The van der Waals surface area contributed by atoms with Gasteiger partial charge in [-0.2, -0.15) is 0 Å². The molecule has 0 radical (unpaired) electrons. The number of alkyl halides is 2. The fourth-order valence-corrected chi connectivity index (χ4v) is 1.47. The number of hydrogen-bond donors (Lipinski definition) is 1. The second-order valence-corrected chi connectivity index (χ2v) is 3.98. The van der Waals surface area contributed by atoms with Crippen LogP contribution in [0.25, 0.3) is 0 Å². The van der Waals surface area contributed by atoms with Gasteiger partial charge in [-0.3, -0.25) is 4.98 Å². The first-order valence-electron chi connectivity index (χ1n) is 4.23. The first-order valence-corrected chi connectivity index (χ1v) is 5.02. The van der Waals surface area contributed by atoms with E-state index >= 15 is 0 Å². The minimum Gasteiger partial charge on any atom is -0.381 e. The Labute approximate surface area is 89.9 Å². The summed E-state index contributed by atoms with van der Waals surface area (Å²) in [5.74, 6) is 0. The average Bonchev–Trinajstić information content (AvgIpc) is 2.01. The molecule has 5 heteroatoms. The molecule has 1 atom stereocenters. The Hall–Kier alpha value is -0.710. The molecule has 0 aliphatic rings. The molecule has 1 N–H and O–H groups in total. The molecular weight excluding hydrogens is 254 g/mol. The Morgan fingerprint density at radius 3 is 2.79 bits per heavy atom. The molecule has 0 bridgehead atoms. The van der Waals surface area contributed by atoms with Crippen LogP contribution in [0.4, 0.5) is 14.5 Å². The number of rotatable bonds is 4. The monoisotopic (exact) mass is 264 g/mol. The van der Waals surface area contributed by atoms with E-state index in [1.807, 2.05) is 0 Å². The number of pyridine rings is 1. The average molecular weight is 265 g/mol. The van der Waals surface area contributed by atoms with Crippen molar-refractivity contribution in [1.82, 2.24) is 4.98 Å². The van der Waals surface area contributed by atoms with E-state index in [0.717, 1.165) is 10.2 Å². The van der Waals surface area contributed by atoms with Crippen molar-refractivity contribution in [3.63, 3.8) is 0 Å². The van der Waals surface area contributed by atoms with Gasteiger partial charge in [0.15, 0.2) is 0 Å². The van der Waals surface area contributed by atoms with Gasteiger partial charge in [0, 0.05) is 23.1 Å². The molecule has 0 saturated heterocycles. The minimum absolute atomic E-state index is 0.160. The second kappa shape index (κ2) is 5.24. The summed E-state index contributed by atoms with van der Waals surface area (Å²) in [4.78, 5) is 3.92. The number of nitrogens with zero attached hydrogens (tertiary/aromatic N) is 1. The molecule has 0 aliphatic carbocycles. The van der Waals surface area contributed by atoms with Crippen molar-refractivity contribution in [2.75, 3.05) is 5.32 Å². The lowest BCUT2D eigenvalue weighted by atomic mass is 10.2. The standard InChI is InChI=1S/C9H11BrF2N2/c1-6(2-9(11)12)14-8-3-7(10)4-13-5-8/h3-6,9,14H,2H2,1H3. The lowest BCUT2D eigenvalue weighted by Crippen LogP contribution is -2.18. The molecule has 0 aliphatic heterocycles. The number of aromatic nitrogens is 1. The van der Waals surface area contributed by atoms with E-state index < -0.39 is 6.43 Å². The number of hydrogen-bond acceptors (Lipinski definition) is 2. The summed E-state index contributed by atoms with van der Waals surface area (Å²) in [6.07, 6.45) is 0.806. The highest BCUT2D eigenvalue weighted by molar-refractivity contribution is 9.10. The van der Waals surface area contributed by atoms with E-state index in [2.05, 4.69) is 26.2 Å². The third kappa shape index (κ3) is 4.00. The molecule has 14 heavy (non-hydrogen) atoms. The summed E-state index contributed by atoms with van der Waals surface area (Å²) in [5.41, 5.74) is 0.743. The van der Waals surface area contributed by atoms with Crippen LogP contribution in [-0.4, -0.2) is 17.5 Å². The van der Waals surface area contributed by atoms with Crippen LogP contribution in [0.2, 0.25) is 0 Å². The summed E-state index contributed by atoms with van der Waals surface area (Å²) < 4.78 is 24.8. The molecule has 0 amide bonds. The van der Waals surface area contributed by atoms with Crippen molar-refractivity contribution in [2.45, 2.75) is 25.8 Å². The summed E-state index contributed by atoms with van der Waals surface area (Å²) in [5, 5.41) is 2.94. The quantitative estimate of drug-likeness (QED) is 0.903. The molecular formula is C9H11BrF2N2. The summed E-state index contributed by atoms with van der Waals surface area (Å²) >= 11 is 3.25. The third-order valence-electron chi connectivity index (χ3n) is 1.65. The topological polar surface area (TPSA) is 24.9 Å². The lowest BCUT2D eigenvalue weighted by Gasteiger charge is -2.14. The van der Waals surface area contributed by atoms with Gasteiger partial charge in [-0.05, 0) is 28.9 Å². The first kappa shape index (κ1) is 11.4. The smallest absolute Gasteiger partial charge is 0.240 e. The normalized spacial score (nSPS) is 12.9. The van der Waals surface area contributed by atoms with E-state index in [0.29, 0.717) is 0 Å². The Balaban J connectivity index is 2.51. The van der Waals surface area contributed by atoms with E-state index in [1.165, 1.54) is 0 Å². The van der Waals surface area contributed by atoms with Crippen molar-refractivity contribution >= 4 is 21.6 Å². The molecule has 1 aromatic rings. The van der Waals surface area contributed by atoms with Crippen LogP contribution in [0, 0.1) is 0 Å². The fraction of sp³-hybridized carbons (Fsp3) is 0.444. The Morgan fingerprint density at radius 2 is 2.21 bits per heavy atom.